The highest BCUT2D eigenvalue weighted by Gasteiger charge is 2.55. The number of likely N-dealkylation sites (tertiary alicyclic amines) is 1. The van der Waals surface area contributed by atoms with Gasteiger partial charge in [0.25, 0.3) is 0 Å². The number of nitrogens with zero attached hydrogens (tertiary/aromatic N) is 3. The maximum absolute atomic E-state index is 13.3. The number of benzene rings is 1. The van der Waals surface area contributed by atoms with Gasteiger partial charge in [0.2, 0.25) is 5.91 Å². The van der Waals surface area contributed by atoms with Gasteiger partial charge in [-0.25, -0.2) is 0 Å². The Hall–Kier alpha value is -2.14. The van der Waals surface area contributed by atoms with Crippen LogP contribution in [0, 0.1) is 5.41 Å². The zero-order valence-electron chi connectivity index (χ0n) is 15.9. The van der Waals surface area contributed by atoms with Crippen molar-refractivity contribution in [3.63, 3.8) is 0 Å². The Bertz CT molecular complexity index is 853. The average molecular weight is 365 g/mol. The molecule has 2 aromatic rings. The molecule has 1 aromatic carbocycles. The van der Waals surface area contributed by atoms with Crippen molar-refractivity contribution in [2.24, 2.45) is 12.5 Å². The Balaban J connectivity index is 1.37. The lowest BCUT2D eigenvalue weighted by molar-refractivity contribution is -0.169. The van der Waals surface area contributed by atoms with Crippen LogP contribution in [0.2, 0.25) is 0 Å². The molecular weight excluding hydrogens is 338 g/mol. The van der Waals surface area contributed by atoms with E-state index in [0.29, 0.717) is 18.2 Å². The maximum atomic E-state index is 13.3. The Morgan fingerprint density at radius 3 is 2.89 bits per heavy atom. The van der Waals surface area contributed by atoms with Gasteiger partial charge < -0.3 is 9.64 Å². The number of fused-ring (bicyclic) bond motifs is 1. The monoisotopic (exact) mass is 365 g/mol. The first-order valence-electron chi connectivity index (χ1n) is 10.1. The molecule has 0 radical (unpaired) electrons. The summed E-state index contributed by atoms with van der Waals surface area (Å²) in [4.78, 5) is 15.4. The van der Waals surface area contributed by atoms with Gasteiger partial charge in [0, 0.05) is 50.4 Å². The summed E-state index contributed by atoms with van der Waals surface area (Å²) in [5.74, 6) is 0.664. The van der Waals surface area contributed by atoms with E-state index in [0.717, 1.165) is 45.4 Å². The van der Waals surface area contributed by atoms with Crippen LogP contribution in [0.3, 0.4) is 0 Å². The number of rotatable bonds is 3. The zero-order valence-corrected chi connectivity index (χ0v) is 15.9. The molecule has 0 N–H and O–H groups in total. The normalized spacial score (nSPS) is 26.0. The van der Waals surface area contributed by atoms with Crippen molar-refractivity contribution in [1.82, 2.24) is 14.7 Å². The van der Waals surface area contributed by atoms with Crippen molar-refractivity contribution < 1.29 is 9.53 Å². The van der Waals surface area contributed by atoms with Gasteiger partial charge in [-0.2, -0.15) is 5.10 Å². The fourth-order valence-corrected chi connectivity index (χ4v) is 5.48. The van der Waals surface area contributed by atoms with Gasteiger partial charge in [-0.05, 0) is 42.7 Å². The molecule has 2 atom stereocenters. The number of aromatic nitrogens is 2. The van der Waals surface area contributed by atoms with Crippen LogP contribution in [-0.2, 0) is 23.0 Å². The minimum atomic E-state index is 0.152. The highest BCUT2D eigenvalue weighted by molar-refractivity contribution is 5.79. The lowest BCUT2D eigenvalue weighted by atomic mass is 9.64. The summed E-state index contributed by atoms with van der Waals surface area (Å²) >= 11 is 0. The Morgan fingerprint density at radius 1 is 1.30 bits per heavy atom. The largest absolute Gasteiger partial charge is 0.381 e. The number of hydrogen-bond acceptors (Lipinski definition) is 3. The predicted octanol–water partition coefficient (Wildman–Crippen LogP) is 3.22. The van der Waals surface area contributed by atoms with Gasteiger partial charge in [-0.1, -0.05) is 24.3 Å². The molecule has 1 amide bonds. The van der Waals surface area contributed by atoms with Crippen LogP contribution < -0.4 is 0 Å². The van der Waals surface area contributed by atoms with E-state index in [1.807, 2.05) is 17.9 Å². The van der Waals surface area contributed by atoms with E-state index in [9.17, 15) is 4.79 Å². The summed E-state index contributed by atoms with van der Waals surface area (Å²) in [7, 11) is 1.94. The topological polar surface area (TPSA) is 47.4 Å². The smallest absolute Gasteiger partial charge is 0.223 e. The van der Waals surface area contributed by atoms with Gasteiger partial charge in [0.15, 0.2) is 0 Å². The van der Waals surface area contributed by atoms with Gasteiger partial charge in [0.05, 0.1) is 12.2 Å². The summed E-state index contributed by atoms with van der Waals surface area (Å²) in [6.07, 6.45) is 8.89. The fraction of sp³-hybridized carbons (Fsp3) is 0.545. The van der Waals surface area contributed by atoms with Gasteiger partial charge >= 0.3 is 0 Å². The van der Waals surface area contributed by atoms with E-state index in [1.54, 1.807) is 0 Å². The fourth-order valence-electron chi connectivity index (χ4n) is 5.48. The molecular formula is C22H27N3O2. The molecule has 5 rings (SSSR count). The van der Waals surface area contributed by atoms with E-state index in [1.165, 1.54) is 16.7 Å². The molecule has 142 valence electrons. The molecule has 5 nitrogen and oxygen atoms in total. The Labute approximate surface area is 160 Å². The quantitative estimate of drug-likeness (QED) is 0.839. The van der Waals surface area contributed by atoms with Crippen molar-refractivity contribution in [1.29, 1.82) is 0 Å². The van der Waals surface area contributed by atoms with Crippen LogP contribution in [-0.4, -0.2) is 40.3 Å². The third-order valence-corrected chi connectivity index (χ3v) is 6.90. The summed E-state index contributed by atoms with van der Waals surface area (Å²) in [5.41, 5.74) is 4.14. The van der Waals surface area contributed by atoms with Gasteiger partial charge in [-0.3, -0.25) is 9.48 Å². The highest BCUT2D eigenvalue weighted by atomic mass is 16.5. The zero-order chi connectivity index (χ0) is 18.4. The first-order valence-corrected chi connectivity index (χ1v) is 10.1. The van der Waals surface area contributed by atoms with Crippen LogP contribution in [0.4, 0.5) is 0 Å². The average Bonchev–Trinajstić information content (AvgIpc) is 3.27. The molecule has 2 unspecified atom stereocenters. The summed E-state index contributed by atoms with van der Waals surface area (Å²) < 4.78 is 7.45. The number of carbonyl (C=O) groups is 1. The predicted molar refractivity (Wildman–Crippen MR) is 102 cm³/mol. The second kappa shape index (κ2) is 6.48. The highest BCUT2D eigenvalue weighted by Crippen LogP contribution is 2.55. The molecule has 0 saturated carbocycles. The molecule has 1 spiro atoms. The number of amides is 1. The molecule has 27 heavy (non-hydrogen) atoms. The standard InChI is InChI=1S/C22H27N3O2/c1-24-14-18(13-23-24)21-22(8-10-27-11-9-22)15-25(21)20(26)12-17-7-6-16-4-2-3-5-19(16)17/h2-5,13-14,17,21H,6-12,15H2,1H3. The molecule has 3 heterocycles. The minimum absolute atomic E-state index is 0.152. The lowest BCUT2D eigenvalue weighted by Gasteiger charge is -2.59. The first-order chi connectivity index (χ1) is 13.2. The second-order valence-corrected chi connectivity index (χ2v) is 8.48. The number of ether oxygens (including phenoxy) is 1. The molecule has 0 bridgehead atoms. The molecule has 1 aliphatic carbocycles. The van der Waals surface area contributed by atoms with Crippen molar-refractivity contribution in [3.8, 4) is 0 Å². The molecule has 1 aromatic heterocycles. The van der Waals surface area contributed by atoms with Crippen molar-refractivity contribution in [3.05, 3.63) is 53.3 Å². The molecule has 2 aliphatic heterocycles. The van der Waals surface area contributed by atoms with E-state index in [-0.39, 0.29) is 11.5 Å². The van der Waals surface area contributed by atoms with Crippen molar-refractivity contribution in [2.75, 3.05) is 19.8 Å². The summed E-state index contributed by atoms with van der Waals surface area (Å²) in [6.45, 7) is 2.46. The summed E-state index contributed by atoms with van der Waals surface area (Å²) in [5, 5.41) is 4.37. The Morgan fingerprint density at radius 2 is 2.11 bits per heavy atom. The van der Waals surface area contributed by atoms with Crippen LogP contribution >= 0.6 is 0 Å². The van der Waals surface area contributed by atoms with Crippen LogP contribution in [0.15, 0.2) is 36.7 Å². The first kappa shape index (κ1) is 17.0. The van der Waals surface area contributed by atoms with Crippen LogP contribution in [0.1, 0.15) is 54.3 Å². The molecule has 3 aliphatic rings. The van der Waals surface area contributed by atoms with Crippen LogP contribution in [0.25, 0.3) is 0 Å². The molecule has 2 fully saturated rings. The second-order valence-electron chi connectivity index (χ2n) is 8.48. The van der Waals surface area contributed by atoms with Crippen LogP contribution in [0.5, 0.6) is 0 Å². The van der Waals surface area contributed by atoms with E-state index in [2.05, 4.69) is 40.5 Å². The summed E-state index contributed by atoms with van der Waals surface area (Å²) in [6, 6.07) is 8.76. The Kier molecular flexibility index (Phi) is 4.08. The third kappa shape index (κ3) is 2.80. The SMILES string of the molecule is Cn1cc(C2N(C(=O)CC3CCc4ccccc43)CC23CCOCC3)cn1. The van der Waals surface area contributed by atoms with Crippen molar-refractivity contribution in [2.45, 2.75) is 44.1 Å². The lowest BCUT2D eigenvalue weighted by Crippen LogP contribution is -2.62. The maximum Gasteiger partial charge on any atom is 0.223 e. The minimum Gasteiger partial charge on any atom is -0.381 e. The third-order valence-electron chi connectivity index (χ3n) is 6.90. The van der Waals surface area contributed by atoms with E-state index < -0.39 is 0 Å². The molecule has 2 saturated heterocycles. The van der Waals surface area contributed by atoms with E-state index >= 15 is 0 Å². The van der Waals surface area contributed by atoms with Gasteiger partial charge in [-0.15, -0.1) is 0 Å². The molecule has 5 heteroatoms. The number of carbonyl (C=O) groups excluding carboxylic acids is 1. The van der Waals surface area contributed by atoms with E-state index in [4.69, 9.17) is 4.74 Å². The number of hydrogen-bond donors (Lipinski definition) is 0. The van der Waals surface area contributed by atoms with Gasteiger partial charge in [0.1, 0.15) is 0 Å². The number of aryl methyl sites for hydroxylation is 2. The van der Waals surface area contributed by atoms with Crippen molar-refractivity contribution >= 4 is 5.91 Å².